The summed E-state index contributed by atoms with van der Waals surface area (Å²) in [7, 11) is 0. The Hall–Kier alpha value is -1.59. The third-order valence-electron chi connectivity index (χ3n) is 2.05. The maximum atomic E-state index is 11.5. The SMILES string of the molecule is CC(C)OCC(=O)Nc1cccc(Cl)c1C(=O)O. The van der Waals surface area contributed by atoms with Gasteiger partial charge in [0.25, 0.3) is 0 Å². The van der Waals surface area contributed by atoms with Gasteiger partial charge in [0.15, 0.2) is 0 Å². The van der Waals surface area contributed by atoms with E-state index >= 15 is 0 Å². The number of hydrogen-bond acceptors (Lipinski definition) is 3. The van der Waals surface area contributed by atoms with Crippen LogP contribution in [-0.4, -0.2) is 29.7 Å². The molecule has 0 atom stereocenters. The van der Waals surface area contributed by atoms with Crippen LogP contribution in [0.25, 0.3) is 0 Å². The van der Waals surface area contributed by atoms with Crippen molar-refractivity contribution in [1.29, 1.82) is 0 Å². The fraction of sp³-hybridized carbons (Fsp3) is 0.333. The molecule has 0 aliphatic heterocycles. The van der Waals surface area contributed by atoms with Crippen LogP contribution in [0.15, 0.2) is 18.2 Å². The lowest BCUT2D eigenvalue weighted by molar-refractivity contribution is -0.121. The number of nitrogens with one attached hydrogen (secondary N) is 1. The van der Waals surface area contributed by atoms with Crippen molar-refractivity contribution in [3.05, 3.63) is 28.8 Å². The van der Waals surface area contributed by atoms with E-state index in [0.29, 0.717) is 0 Å². The molecule has 0 saturated heterocycles. The first-order valence-electron chi connectivity index (χ1n) is 5.35. The number of aromatic carboxylic acids is 1. The quantitative estimate of drug-likeness (QED) is 0.862. The Morgan fingerprint density at radius 2 is 2.11 bits per heavy atom. The molecule has 18 heavy (non-hydrogen) atoms. The van der Waals surface area contributed by atoms with E-state index in [1.807, 2.05) is 0 Å². The van der Waals surface area contributed by atoms with Crippen LogP contribution in [0.5, 0.6) is 0 Å². The van der Waals surface area contributed by atoms with Crippen molar-refractivity contribution in [2.45, 2.75) is 20.0 Å². The zero-order valence-electron chi connectivity index (χ0n) is 10.1. The van der Waals surface area contributed by atoms with Crippen molar-refractivity contribution < 1.29 is 19.4 Å². The first kappa shape index (κ1) is 14.5. The van der Waals surface area contributed by atoms with Gasteiger partial charge in [-0.25, -0.2) is 4.79 Å². The van der Waals surface area contributed by atoms with Gasteiger partial charge in [-0.15, -0.1) is 0 Å². The largest absolute Gasteiger partial charge is 0.478 e. The van der Waals surface area contributed by atoms with E-state index in [2.05, 4.69) is 5.32 Å². The van der Waals surface area contributed by atoms with E-state index in [0.717, 1.165) is 0 Å². The number of halogens is 1. The maximum Gasteiger partial charge on any atom is 0.339 e. The standard InChI is InChI=1S/C12H14ClNO4/c1-7(2)18-6-10(15)14-9-5-3-4-8(13)11(9)12(16)17/h3-5,7H,6H2,1-2H3,(H,14,15)(H,16,17). The Balaban J connectivity index is 2.81. The molecule has 0 bridgehead atoms. The molecule has 0 spiro atoms. The van der Waals surface area contributed by atoms with Crippen molar-refractivity contribution in [2.24, 2.45) is 0 Å². The van der Waals surface area contributed by atoms with Crippen LogP contribution < -0.4 is 5.32 Å². The van der Waals surface area contributed by atoms with Crippen LogP contribution in [-0.2, 0) is 9.53 Å². The van der Waals surface area contributed by atoms with Gasteiger partial charge in [0.1, 0.15) is 12.2 Å². The number of carboxylic acids is 1. The van der Waals surface area contributed by atoms with E-state index in [4.69, 9.17) is 21.4 Å². The highest BCUT2D eigenvalue weighted by Gasteiger charge is 2.16. The molecule has 0 saturated carbocycles. The van der Waals surface area contributed by atoms with Gasteiger partial charge in [0.05, 0.1) is 16.8 Å². The Morgan fingerprint density at radius 3 is 2.67 bits per heavy atom. The molecule has 0 heterocycles. The van der Waals surface area contributed by atoms with Gasteiger partial charge < -0.3 is 15.2 Å². The number of carboxylic acid groups (broad SMARTS) is 1. The lowest BCUT2D eigenvalue weighted by atomic mass is 10.2. The summed E-state index contributed by atoms with van der Waals surface area (Å²) in [6.07, 6.45) is -0.0749. The predicted molar refractivity (Wildman–Crippen MR) is 68.1 cm³/mol. The molecule has 0 aliphatic carbocycles. The molecule has 0 fully saturated rings. The highest BCUT2D eigenvalue weighted by atomic mass is 35.5. The van der Waals surface area contributed by atoms with Crippen molar-refractivity contribution in [2.75, 3.05) is 11.9 Å². The number of ether oxygens (including phenoxy) is 1. The van der Waals surface area contributed by atoms with Gasteiger partial charge in [0.2, 0.25) is 5.91 Å². The molecule has 5 nitrogen and oxygen atoms in total. The minimum Gasteiger partial charge on any atom is -0.478 e. The van der Waals surface area contributed by atoms with Gasteiger partial charge in [-0.05, 0) is 26.0 Å². The van der Waals surface area contributed by atoms with Crippen LogP contribution in [0.2, 0.25) is 5.02 Å². The number of rotatable bonds is 5. The molecular formula is C12H14ClNO4. The van der Waals surface area contributed by atoms with Gasteiger partial charge in [-0.2, -0.15) is 0 Å². The van der Waals surface area contributed by atoms with E-state index in [1.54, 1.807) is 19.9 Å². The molecule has 0 aliphatic rings. The van der Waals surface area contributed by atoms with Crippen molar-refractivity contribution >= 4 is 29.2 Å². The highest BCUT2D eigenvalue weighted by molar-refractivity contribution is 6.34. The monoisotopic (exact) mass is 271 g/mol. The zero-order valence-corrected chi connectivity index (χ0v) is 10.8. The van der Waals surface area contributed by atoms with Crippen LogP contribution in [0, 0.1) is 0 Å². The summed E-state index contributed by atoms with van der Waals surface area (Å²) in [5.74, 6) is -1.62. The Morgan fingerprint density at radius 1 is 1.44 bits per heavy atom. The van der Waals surface area contributed by atoms with E-state index in [1.165, 1.54) is 12.1 Å². The zero-order chi connectivity index (χ0) is 13.7. The van der Waals surface area contributed by atoms with Crippen LogP contribution >= 0.6 is 11.6 Å². The molecule has 0 radical (unpaired) electrons. The van der Waals surface area contributed by atoms with Crippen molar-refractivity contribution in [3.8, 4) is 0 Å². The summed E-state index contributed by atoms with van der Waals surface area (Å²) in [5, 5.41) is 11.5. The Labute approximate surface area is 110 Å². The average Bonchev–Trinajstić information content (AvgIpc) is 2.26. The van der Waals surface area contributed by atoms with Crippen molar-refractivity contribution in [1.82, 2.24) is 0 Å². The minimum atomic E-state index is -1.19. The minimum absolute atomic E-state index is 0.0741. The van der Waals surface area contributed by atoms with Crippen LogP contribution in [0.1, 0.15) is 24.2 Å². The predicted octanol–water partition coefficient (Wildman–Crippen LogP) is 2.40. The smallest absolute Gasteiger partial charge is 0.339 e. The summed E-state index contributed by atoms with van der Waals surface area (Å²) in [6, 6.07) is 4.49. The number of amides is 1. The van der Waals surface area contributed by atoms with Crippen LogP contribution in [0.4, 0.5) is 5.69 Å². The summed E-state index contributed by atoms with van der Waals surface area (Å²) in [5.41, 5.74) is 0.0319. The summed E-state index contributed by atoms with van der Waals surface area (Å²) >= 11 is 5.77. The van der Waals surface area contributed by atoms with Gasteiger partial charge in [-0.1, -0.05) is 17.7 Å². The number of carbonyl (C=O) groups is 2. The number of benzene rings is 1. The topological polar surface area (TPSA) is 75.6 Å². The van der Waals surface area contributed by atoms with E-state index in [9.17, 15) is 9.59 Å². The molecule has 98 valence electrons. The second-order valence-electron chi connectivity index (χ2n) is 3.88. The molecule has 0 unspecified atom stereocenters. The second kappa shape index (κ2) is 6.37. The summed E-state index contributed by atoms with van der Waals surface area (Å²) in [4.78, 5) is 22.6. The highest BCUT2D eigenvalue weighted by Crippen LogP contribution is 2.24. The summed E-state index contributed by atoms with van der Waals surface area (Å²) in [6.45, 7) is 3.47. The lowest BCUT2D eigenvalue weighted by Gasteiger charge is -2.11. The molecule has 6 heteroatoms. The summed E-state index contributed by atoms with van der Waals surface area (Å²) < 4.78 is 5.11. The fourth-order valence-electron chi connectivity index (χ4n) is 1.27. The van der Waals surface area contributed by atoms with E-state index in [-0.39, 0.29) is 29.0 Å². The molecular weight excluding hydrogens is 258 g/mol. The average molecular weight is 272 g/mol. The number of hydrogen-bond donors (Lipinski definition) is 2. The lowest BCUT2D eigenvalue weighted by Crippen LogP contribution is -2.22. The Kier molecular flexibility index (Phi) is 5.12. The first-order valence-corrected chi connectivity index (χ1v) is 5.73. The normalized spacial score (nSPS) is 10.4. The molecule has 1 rings (SSSR count). The third kappa shape index (κ3) is 4.01. The van der Waals surface area contributed by atoms with Crippen LogP contribution in [0.3, 0.4) is 0 Å². The third-order valence-corrected chi connectivity index (χ3v) is 2.36. The van der Waals surface area contributed by atoms with Gasteiger partial charge in [-0.3, -0.25) is 4.79 Å². The Bertz CT molecular complexity index is 459. The van der Waals surface area contributed by atoms with Gasteiger partial charge in [0, 0.05) is 0 Å². The number of carbonyl (C=O) groups excluding carboxylic acids is 1. The maximum absolute atomic E-state index is 11.5. The second-order valence-corrected chi connectivity index (χ2v) is 4.28. The molecule has 0 aromatic heterocycles. The molecule has 1 amide bonds. The molecule has 2 N–H and O–H groups in total. The molecule has 1 aromatic carbocycles. The van der Waals surface area contributed by atoms with Gasteiger partial charge >= 0.3 is 5.97 Å². The number of anilines is 1. The van der Waals surface area contributed by atoms with Crippen molar-refractivity contribution in [3.63, 3.8) is 0 Å². The fourth-order valence-corrected chi connectivity index (χ4v) is 1.53. The first-order chi connectivity index (χ1) is 8.41. The van der Waals surface area contributed by atoms with E-state index < -0.39 is 11.9 Å². The molecule has 1 aromatic rings.